The molecule has 0 bridgehead atoms. The first kappa shape index (κ1) is 27.0. The van der Waals surface area contributed by atoms with Crippen molar-refractivity contribution in [2.24, 2.45) is 5.92 Å². The number of rotatable bonds is 10. The van der Waals surface area contributed by atoms with Gasteiger partial charge in [-0.25, -0.2) is 0 Å². The number of imide groups is 1. The van der Waals surface area contributed by atoms with Crippen molar-refractivity contribution in [1.82, 2.24) is 9.80 Å². The van der Waals surface area contributed by atoms with E-state index in [2.05, 4.69) is 30.0 Å². The molecule has 4 rings (SSSR count). The first-order chi connectivity index (χ1) is 17.3. The number of nitrogens with zero attached hydrogens (tertiary/aromatic N) is 2. The molecule has 2 aliphatic rings. The highest BCUT2D eigenvalue weighted by Gasteiger charge is 2.28. The summed E-state index contributed by atoms with van der Waals surface area (Å²) in [5, 5.41) is 1.17. The molecule has 194 valence electrons. The van der Waals surface area contributed by atoms with Gasteiger partial charge in [-0.05, 0) is 67.5 Å². The minimum atomic E-state index is -0.107. The van der Waals surface area contributed by atoms with Gasteiger partial charge in [0.1, 0.15) is 12.4 Å². The molecular weight excluding hydrogens is 495 g/mol. The van der Waals surface area contributed by atoms with Crippen LogP contribution in [0, 0.1) is 12.8 Å². The Bertz CT molecular complexity index is 1070. The Morgan fingerprint density at radius 3 is 2.39 bits per heavy atom. The predicted octanol–water partition coefficient (Wildman–Crippen LogP) is 6.97. The Morgan fingerprint density at radius 2 is 1.72 bits per heavy atom. The van der Waals surface area contributed by atoms with Gasteiger partial charge in [0.2, 0.25) is 11.8 Å². The molecule has 1 aliphatic heterocycles. The van der Waals surface area contributed by atoms with E-state index >= 15 is 0 Å². The summed E-state index contributed by atoms with van der Waals surface area (Å²) in [6.07, 6.45) is 7.18. The van der Waals surface area contributed by atoms with E-state index in [0.29, 0.717) is 42.0 Å². The zero-order valence-electron chi connectivity index (χ0n) is 21.3. The Morgan fingerprint density at radius 1 is 1.00 bits per heavy atom. The molecule has 0 spiro atoms. The van der Waals surface area contributed by atoms with Crippen LogP contribution in [0.1, 0.15) is 74.6 Å². The minimum Gasteiger partial charge on any atom is -0.491 e. The van der Waals surface area contributed by atoms with Crippen molar-refractivity contribution in [3.8, 4) is 5.75 Å². The van der Waals surface area contributed by atoms with E-state index in [9.17, 15) is 9.59 Å². The molecule has 1 aliphatic carbocycles. The third kappa shape index (κ3) is 6.81. The Kier molecular flexibility index (Phi) is 9.32. The van der Waals surface area contributed by atoms with Gasteiger partial charge in [-0.3, -0.25) is 19.4 Å². The Balaban J connectivity index is 1.43. The number of carbonyl (C=O) groups excluding carboxylic acids is 2. The molecule has 1 heterocycles. The van der Waals surface area contributed by atoms with Crippen LogP contribution in [-0.4, -0.2) is 41.3 Å². The maximum Gasteiger partial charge on any atom is 0.229 e. The smallest absolute Gasteiger partial charge is 0.229 e. The van der Waals surface area contributed by atoms with Crippen molar-refractivity contribution in [3.63, 3.8) is 0 Å². The SMILES string of the molecule is Cc1cc(CN(CC2CCCCC2)C(C)c2ccc(Cl)c(Cl)c2)ccc1OCCN1C(=O)CCC1=O. The van der Waals surface area contributed by atoms with Crippen molar-refractivity contribution >= 4 is 35.0 Å². The van der Waals surface area contributed by atoms with Gasteiger partial charge in [-0.15, -0.1) is 0 Å². The van der Waals surface area contributed by atoms with Crippen LogP contribution in [0.4, 0.5) is 0 Å². The van der Waals surface area contributed by atoms with Crippen molar-refractivity contribution < 1.29 is 14.3 Å². The molecule has 1 saturated carbocycles. The van der Waals surface area contributed by atoms with Crippen LogP contribution < -0.4 is 4.74 Å². The zero-order valence-corrected chi connectivity index (χ0v) is 22.8. The molecule has 2 aromatic carbocycles. The fourth-order valence-electron chi connectivity index (χ4n) is 5.37. The third-order valence-corrected chi connectivity index (χ3v) is 8.28. The van der Waals surface area contributed by atoms with Gasteiger partial charge < -0.3 is 4.74 Å². The lowest BCUT2D eigenvalue weighted by Crippen LogP contribution is -2.33. The van der Waals surface area contributed by atoms with Crippen LogP contribution in [0.25, 0.3) is 0 Å². The molecule has 0 radical (unpaired) electrons. The number of amides is 2. The summed E-state index contributed by atoms with van der Waals surface area (Å²) in [4.78, 5) is 27.5. The second-order valence-corrected chi connectivity index (χ2v) is 11.0. The average Bonchev–Trinajstić information content (AvgIpc) is 3.19. The van der Waals surface area contributed by atoms with Gasteiger partial charge in [0, 0.05) is 32.0 Å². The topological polar surface area (TPSA) is 49.9 Å². The summed E-state index contributed by atoms with van der Waals surface area (Å²) < 4.78 is 5.93. The lowest BCUT2D eigenvalue weighted by molar-refractivity contribution is -0.138. The summed E-state index contributed by atoms with van der Waals surface area (Å²) in [5.74, 6) is 1.28. The highest BCUT2D eigenvalue weighted by molar-refractivity contribution is 6.42. The summed E-state index contributed by atoms with van der Waals surface area (Å²) in [6, 6.07) is 12.4. The lowest BCUT2D eigenvalue weighted by Gasteiger charge is -2.34. The number of benzene rings is 2. The van der Waals surface area contributed by atoms with Crippen molar-refractivity contribution in [3.05, 3.63) is 63.1 Å². The molecule has 2 aromatic rings. The van der Waals surface area contributed by atoms with Crippen LogP contribution in [0.5, 0.6) is 5.75 Å². The Labute approximate surface area is 224 Å². The summed E-state index contributed by atoms with van der Waals surface area (Å²) in [5.41, 5.74) is 3.45. The molecular formula is C29H36Cl2N2O3. The maximum absolute atomic E-state index is 11.8. The zero-order chi connectivity index (χ0) is 25.7. The van der Waals surface area contributed by atoms with Gasteiger partial charge in [0.05, 0.1) is 16.6 Å². The van der Waals surface area contributed by atoms with Crippen molar-refractivity contribution in [1.29, 1.82) is 0 Å². The number of likely N-dealkylation sites (tertiary alicyclic amines) is 1. The van der Waals surface area contributed by atoms with Crippen LogP contribution in [0.2, 0.25) is 10.0 Å². The first-order valence-electron chi connectivity index (χ1n) is 13.1. The minimum absolute atomic E-state index is 0.107. The largest absolute Gasteiger partial charge is 0.491 e. The second kappa shape index (κ2) is 12.4. The van der Waals surface area contributed by atoms with Crippen LogP contribution >= 0.6 is 23.2 Å². The number of aryl methyl sites for hydroxylation is 1. The standard InChI is InChI=1S/C29H36Cl2N2O3/c1-20-16-23(8-11-27(20)36-15-14-33-28(34)12-13-29(33)35)19-32(18-22-6-4-3-5-7-22)21(2)24-9-10-25(30)26(31)17-24/h8-11,16-17,21-22H,3-7,12-15,18-19H2,1-2H3. The van der Waals surface area contributed by atoms with Crippen LogP contribution in [0.3, 0.4) is 0 Å². The highest BCUT2D eigenvalue weighted by atomic mass is 35.5. The second-order valence-electron chi connectivity index (χ2n) is 10.2. The van der Waals surface area contributed by atoms with Crippen LogP contribution in [-0.2, 0) is 16.1 Å². The highest BCUT2D eigenvalue weighted by Crippen LogP contribution is 2.32. The van der Waals surface area contributed by atoms with E-state index < -0.39 is 0 Å². The van der Waals surface area contributed by atoms with Crippen molar-refractivity contribution in [2.75, 3.05) is 19.7 Å². The number of hydrogen-bond acceptors (Lipinski definition) is 4. The molecule has 2 amide bonds. The van der Waals surface area contributed by atoms with Gasteiger partial charge in [0.25, 0.3) is 0 Å². The monoisotopic (exact) mass is 530 g/mol. The molecule has 36 heavy (non-hydrogen) atoms. The number of ether oxygens (including phenoxy) is 1. The Hall–Kier alpha value is -2.08. The molecule has 1 atom stereocenters. The average molecular weight is 532 g/mol. The molecule has 0 N–H and O–H groups in total. The number of carbonyl (C=O) groups is 2. The fraction of sp³-hybridized carbons (Fsp3) is 0.517. The maximum atomic E-state index is 11.8. The van der Waals surface area contributed by atoms with Gasteiger partial charge in [-0.1, -0.05) is 60.7 Å². The first-order valence-corrected chi connectivity index (χ1v) is 13.8. The number of hydrogen-bond donors (Lipinski definition) is 0. The van der Waals surface area contributed by atoms with E-state index in [-0.39, 0.29) is 17.9 Å². The summed E-state index contributed by atoms with van der Waals surface area (Å²) >= 11 is 12.5. The molecule has 1 saturated heterocycles. The molecule has 7 heteroatoms. The van der Waals surface area contributed by atoms with E-state index in [1.165, 1.54) is 48.1 Å². The van der Waals surface area contributed by atoms with Crippen molar-refractivity contribution in [2.45, 2.75) is 71.4 Å². The summed E-state index contributed by atoms with van der Waals surface area (Å²) in [7, 11) is 0. The van der Waals surface area contributed by atoms with Gasteiger partial charge in [0.15, 0.2) is 0 Å². The molecule has 1 unspecified atom stereocenters. The number of halogens is 2. The molecule has 0 aromatic heterocycles. The van der Waals surface area contributed by atoms with Crippen LogP contribution in [0.15, 0.2) is 36.4 Å². The fourth-order valence-corrected chi connectivity index (χ4v) is 5.68. The third-order valence-electron chi connectivity index (χ3n) is 7.54. The van der Waals surface area contributed by atoms with E-state index in [1.54, 1.807) is 0 Å². The van der Waals surface area contributed by atoms with E-state index in [1.807, 2.05) is 25.1 Å². The van der Waals surface area contributed by atoms with Gasteiger partial charge >= 0.3 is 0 Å². The van der Waals surface area contributed by atoms with E-state index in [0.717, 1.165) is 24.4 Å². The normalized spacial score (nSPS) is 17.8. The molecule has 2 fully saturated rings. The predicted molar refractivity (Wildman–Crippen MR) is 144 cm³/mol. The summed E-state index contributed by atoms with van der Waals surface area (Å²) in [6.45, 7) is 6.77. The lowest BCUT2D eigenvalue weighted by atomic mass is 9.88. The van der Waals surface area contributed by atoms with Gasteiger partial charge in [-0.2, -0.15) is 0 Å². The van der Waals surface area contributed by atoms with E-state index in [4.69, 9.17) is 27.9 Å². The quantitative estimate of drug-likeness (QED) is 0.311. The molecule has 5 nitrogen and oxygen atoms in total.